The fourth-order valence-electron chi connectivity index (χ4n) is 1.77. The highest BCUT2D eigenvalue weighted by atomic mass is 127. The van der Waals surface area contributed by atoms with E-state index in [1.165, 1.54) is 0 Å². The number of nitrogens with one attached hydrogen (secondary N) is 1. The molecule has 1 aromatic carbocycles. The molecule has 1 aliphatic rings. The Morgan fingerprint density at radius 3 is 2.65 bits per heavy atom. The number of halogens is 1. The summed E-state index contributed by atoms with van der Waals surface area (Å²) in [6.45, 7) is 1.10. The van der Waals surface area contributed by atoms with Gasteiger partial charge in [0.1, 0.15) is 5.54 Å². The van der Waals surface area contributed by atoms with Gasteiger partial charge in [-0.2, -0.15) is 0 Å². The molecule has 5 heteroatoms. The van der Waals surface area contributed by atoms with Gasteiger partial charge in [0.25, 0.3) is 0 Å². The number of rotatable bonds is 2. The normalized spacial score (nSPS) is 18.7. The van der Waals surface area contributed by atoms with Crippen molar-refractivity contribution in [1.82, 2.24) is 0 Å². The van der Waals surface area contributed by atoms with Crippen molar-refractivity contribution in [2.75, 3.05) is 18.5 Å². The summed E-state index contributed by atoms with van der Waals surface area (Å²) in [6.07, 6.45) is 1.14. The Morgan fingerprint density at radius 1 is 1.35 bits per heavy atom. The molecule has 2 rings (SSSR count). The molecule has 4 nitrogen and oxygen atoms in total. The number of ether oxygens (including phenoxy) is 1. The van der Waals surface area contributed by atoms with Crippen molar-refractivity contribution in [3.05, 3.63) is 27.8 Å². The van der Waals surface area contributed by atoms with Crippen LogP contribution in [0.15, 0.2) is 24.3 Å². The number of carbonyl (C=O) groups excluding carboxylic acids is 1. The molecule has 1 heterocycles. The number of para-hydroxylation sites is 1. The molecule has 0 bridgehead atoms. The maximum atomic E-state index is 12.1. The first kappa shape index (κ1) is 12.8. The van der Waals surface area contributed by atoms with Crippen molar-refractivity contribution in [2.45, 2.75) is 18.4 Å². The van der Waals surface area contributed by atoms with E-state index in [2.05, 4.69) is 27.9 Å². The fraction of sp³-hybridized carbons (Fsp3) is 0.417. The SMILES string of the molecule is NC1(C(=O)Nc2ccccc2I)CCOCC1. The monoisotopic (exact) mass is 346 g/mol. The van der Waals surface area contributed by atoms with E-state index in [1.807, 2.05) is 24.3 Å². The molecule has 1 aromatic rings. The van der Waals surface area contributed by atoms with Crippen LogP contribution < -0.4 is 11.1 Å². The molecule has 0 aromatic heterocycles. The molecular formula is C12H15IN2O2. The molecule has 17 heavy (non-hydrogen) atoms. The van der Waals surface area contributed by atoms with Gasteiger partial charge in [0.15, 0.2) is 0 Å². The molecule has 0 atom stereocenters. The summed E-state index contributed by atoms with van der Waals surface area (Å²) in [5, 5.41) is 2.89. The third-order valence-electron chi connectivity index (χ3n) is 2.96. The third kappa shape index (κ3) is 2.97. The molecule has 3 N–H and O–H groups in total. The van der Waals surface area contributed by atoms with Crippen LogP contribution in [0.25, 0.3) is 0 Å². The Kier molecular flexibility index (Phi) is 4.01. The van der Waals surface area contributed by atoms with Crippen molar-refractivity contribution in [3.63, 3.8) is 0 Å². The van der Waals surface area contributed by atoms with Crippen molar-refractivity contribution < 1.29 is 9.53 Å². The second-order valence-electron chi connectivity index (χ2n) is 4.20. The summed E-state index contributed by atoms with van der Waals surface area (Å²) < 4.78 is 6.24. The Hall–Kier alpha value is -0.660. The Balaban J connectivity index is 2.08. The first-order valence-electron chi connectivity index (χ1n) is 5.54. The van der Waals surface area contributed by atoms with Crippen LogP contribution in [0.3, 0.4) is 0 Å². The van der Waals surface area contributed by atoms with Crippen molar-refractivity contribution in [2.24, 2.45) is 5.73 Å². The van der Waals surface area contributed by atoms with Crippen LogP contribution in [-0.4, -0.2) is 24.7 Å². The van der Waals surface area contributed by atoms with Crippen LogP contribution in [0.2, 0.25) is 0 Å². The second kappa shape index (κ2) is 5.32. The van der Waals surface area contributed by atoms with Crippen LogP contribution in [-0.2, 0) is 9.53 Å². The van der Waals surface area contributed by atoms with Gasteiger partial charge < -0.3 is 15.8 Å². The number of hydrogen-bond acceptors (Lipinski definition) is 3. The lowest BCUT2D eigenvalue weighted by molar-refractivity contribution is -0.124. The fourth-order valence-corrected chi connectivity index (χ4v) is 2.29. The van der Waals surface area contributed by atoms with Crippen LogP contribution in [0.5, 0.6) is 0 Å². The zero-order chi connectivity index (χ0) is 12.3. The van der Waals surface area contributed by atoms with Gasteiger partial charge in [-0.1, -0.05) is 12.1 Å². The van der Waals surface area contributed by atoms with E-state index < -0.39 is 5.54 Å². The third-order valence-corrected chi connectivity index (χ3v) is 3.90. The smallest absolute Gasteiger partial charge is 0.244 e. The van der Waals surface area contributed by atoms with Gasteiger partial charge in [-0.3, -0.25) is 4.79 Å². The molecule has 1 fully saturated rings. The largest absolute Gasteiger partial charge is 0.381 e. The lowest BCUT2D eigenvalue weighted by Gasteiger charge is -2.31. The molecule has 1 aliphatic heterocycles. The summed E-state index contributed by atoms with van der Waals surface area (Å²) >= 11 is 2.19. The predicted octanol–water partition coefficient (Wildman–Crippen LogP) is 1.74. The number of amides is 1. The Bertz CT molecular complexity index is 417. The average Bonchev–Trinajstić information content (AvgIpc) is 2.33. The molecule has 0 radical (unpaired) electrons. The van der Waals surface area contributed by atoms with Gasteiger partial charge >= 0.3 is 0 Å². The standard InChI is InChI=1S/C12H15IN2O2/c13-9-3-1-2-4-10(9)15-11(16)12(14)5-7-17-8-6-12/h1-4H,5-8,14H2,(H,15,16). The molecule has 1 saturated heterocycles. The summed E-state index contributed by atoms with van der Waals surface area (Å²) in [6, 6.07) is 7.65. The van der Waals surface area contributed by atoms with E-state index in [0.717, 1.165) is 9.26 Å². The molecule has 1 amide bonds. The Labute approximate surface area is 114 Å². The van der Waals surface area contributed by atoms with E-state index >= 15 is 0 Å². The maximum Gasteiger partial charge on any atom is 0.244 e. The summed E-state index contributed by atoms with van der Waals surface area (Å²) in [7, 11) is 0. The van der Waals surface area contributed by atoms with Gasteiger partial charge in [-0.25, -0.2) is 0 Å². The lowest BCUT2D eigenvalue weighted by Crippen LogP contribution is -2.54. The van der Waals surface area contributed by atoms with E-state index in [0.29, 0.717) is 26.1 Å². The number of benzene rings is 1. The molecule has 0 unspecified atom stereocenters. The zero-order valence-corrected chi connectivity index (χ0v) is 11.6. The average molecular weight is 346 g/mol. The topological polar surface area (TPSA) is 64.4 Å². The van der Waals surface area contributed by atoms with E-state index in [1.54, 1.807) is 0 Å². The molecule has 92 valence electrons. The molecular weight excluding hydrogens is 331 g/mol. The number of carbonyl (C=O) groups is 1. The number of anilines is 1. The first-order valence-corrected chi connectivity index (χ1v) is 6.62. The van der Waals surface area contributed by atoms with E-state index in [4.69, 9.17) is 10.5 Å². The van der Waals surface area contributed by atoms with Crippen LogP contribution in [0, 0.1) is 3.57 Å². The number of hydrogen-bond donors (Lipinski definition) is 2. The highest BCUT2D eigenvalue weighted by Gasteiger charge is 2.36. The highest BCUT2D eigenvalue weighted by molar-refractivity contribution is 14.1. The minimum absolute atomic E-state index is 0.120. The van der Waals surface area contributed by atoms with Gasteiger partial charge in [0.2, 0.25) is 5.91 Å². The predicted molar refractivity (Wildman–Crippen MR) is 74.8 cm³/mol. The van der Waals surface area contributed by atoms with Crippen molar-refractivity contribution in [3.8, 4) is 0 Å². The van der Waals surface area contributed by atoms with E-state index in [-0.39, 0.29) is 5.91 Å². The minimum atomic E-state index is -0.794. The van der Waals surface area contributed by atoms with Crippen molar-refractivity contribution in [1.29, 1.82) is 0 Å². The summed E-state index contributed by atoms with van der Waals surface area (Å²) in [4.78, 5) is 12.1. The maximum absolute atomic E-state index is 12.1. The lowest BCUT2D eigenvalue weighted by atomic mass is 9.90. The van der Waals surface area contributed by atoms with Crippen LogP contribution in [0.4, 0.5) is 5.69 Å². The van der Waals surface area contributed by atoms with Gasteiger partial charge in [0.05, 0.1) is 5.69 Å². The summed E-state index contributed by atoms with van der Waals surface area (Å²) in [5.41, 5.74) is 6.13. The van der Waals surface area contributed by atoms with Crippen LogP contribution in [0.1, 0.15) is 12.8 Å². The van der Waals surface area contributed by atoms with Gasteiger partial charge in [-0.15, -0.1) is 0 Å². The van der Waals surface area contributed by atoms with Crippen molar-refractivity contribution >= 4 is 34.2 Å². The van der Waals surface area contributed by atoms with Gasteiger partial charge in [-0.05, 0) is 47.6 Å². The van der Waals surface area contributed by atoms with E-state index in [9.17, 15) is 4.79 Å². The first-order chi connectivity index (χ1) is 8.12. The number of nitrogens with two attached hydrogens (primary N) is 1. The quantitative estimate of drug-likeness (QED) is 0.802. The van der Waals surface area contributed by atoms with Gasteiger partial charge in [0, 0.05) is 16.8 Å². The second-order valence-corrected chi connectivity index (χ2v) is 5.36. The summed E-state index contributed by atoms with van der Waals surface area (Å²) in [5.74, 6) is -0.120. The molecule has 0 saturated carbocycles. The highest BCUT2D eigenvalue weighted by Crippen LogP contribution is 2.22. The molecule has 0 spiro atoms. The minimum Gasteiger partial charge on any atom is -0.381 e. The Morgan fingerprint density at radius 2 is 2.00 bits per heavy atom. The zero-order valence-electron chi connectivity index (χ0n) is 9.41. The molecule has 0 aliphatic carbocycles. The van der Waals surface area contributed by atoms with Crippen LogP contribution >= 0.6 is 22.6 Å².